The van der Waals surface area contributed by atoms with Crippen molar-refractivity contribution >= 4 is 0 Å². The van der Waals surface area contributed by atoms with Gasteiger partial charge in [-0.3, -0.25) is 0 Å². The van der Waals surface area contributed by atoms with Crippen molar-refractivity contribution < 1.29 is 13.2 Å². The zero-order chi connectivity index (χ0) is 11.8. The van der Waals surface area contributed by atoms with Crippen LogP contribution in [-0.2, 0) is 6.18 Å². The molecule has 1 saturated heterocycles. The monoisotopic (exact) mass is 229 g/mol. The summed E-state index contributed by atoms with van der Waals surface area (Å²) in [6.45, 7) is 3.05. The molecule has 0 radical (unpaired) electrons. The van der Waals surface area contributed by atoms with Crippen molar-refractivity contribution in [2.75, 3.05) is 6.54 Å². The molecule has 0 aliphatic carbocycles. The van der Waals surface area contributed by atoms with Crippen molar-refractivity contribution in [3.8, 4) is 0 Å². The van der Waals surface area contributed by atoms with E-state index in [9.17, 15) is 13.2 Å². The lowest BCUT2D eigenvalue weighted by atomic mass is 9.95. The predicted octanol–water partition coefficient (Wildman–Crippen LogP) is 3.38. The third-order valence-corrected chi connectivity index (χ3v) is 3.13. The Morgan fingerprint density at radius 1 is 1.19 bits per heavy atom. The van der Waals surface area contributed by atoms with Crippen LogP contribution in [-0.4, -0.2) is 6.54 Å². The Morgan fingerprint density at radius 2 is 1.81 bits per heavy atom. The van der Waals surface area contributed by atoms with Gasteiger partial charge >= 0.3 is 6.18 Å². The molecule has 0 aromatic heterocycles. The van der Waals surface area contributed by atoms with Crippen molar-refractivity contribution in [3.63, 3.8) is 0 Å². The van der Waals surface area contributed by atoms with Crippen LogP contribution in [0.1, 0.15) is 30.5 Å². The van der Waals surface area contributed by atoms with Gasteiger partial charge in [0.1, 0.15) is 0 Å². The van der Waals surface area contributed by atoms with Crippen LogP contribution in [0.15, 0.2) is 24.3 Å². The third-order valence-electron chi connectivity index (χ3n) is 3.13. The van der Waals surface area contributed by atoms with E-state index in [0.717, 1.165) is 30.7 Å². The van der Waals surface area contributed by atoms with Gasteiger partial charge in [0.2, 0.25) is 0 Å². The first kappa shape index (κ1) is 11.5. The van der Waals surface area contributed by atoms with Crippen LogP contribution in [0, 0.1) is 5.92 Å². The van der Waals surface area contributed by atoms with E-state index >= 15 is 0 Å². The molecule has 0 spiro atoms. The fourth-order valence-electron chi connectivity index (χ4n) is 2.16. The quantitative estimate of drug-likeness (QED) is 0.778. The van der Waals surface area contributed by atoms with Crippen LogP contribution in [0.4, 0.5) is 13.2 Å². The summed E-state index contributed by atoms with van der Waals surface area (Å²) in [6, 6.07) is 5.65. The molecule has 16 heavy (non-hydrogen) atoms. The Balaban J connectivity index is 2.19. The first-order valence-corrected chi connectivity index (χ1v) is 5.39. The molecule has 1 aromatic rings. The SMILES string of the molecule is C[C@@H]1CCN[C@H]1c1ccc(C(F)(F)F)cc1. The number of benzene rings is 1. The van der Waals surface area contributed by atoms with Gasteiger partial charge < -0.3 is 5.32 Å². The number of hydrogen-bond acceptors (Lipinski definition) is 1. The molecule has 1 aliphatic heterocycles. The minimum absolute atomic E-state index is 0.197. The number of alkyl halides is 3. The topological polar surface area (TPSA) is 12.0 Å². The van der Waals surface area contributed by atoms with Gasteiger partial charge in [-0.1, -0.05) is 19.1 Å². The molecule has 1 heterocycles. The Bertz CT molecular complexity index is 356. The van der Waals surface area contributed by atoms with E-state index in [-0.39, 0.29) is 6.04 Å². The van der Waals surface area contributed by atoms with E-state index in [1.54, 1.807) is 12.1 Å². The summed E-state index contributed by atoms with van der Waals surface area (Å²) in [5.41, 5.74) is 0.361. The smallest absolute Gasteiger partial charge is 0.310 e. The molecular formula is C12H14F3N. The number of nitrogens with one attached hydrogen (secondary N) is 1. The van der Waals surface area contributed by atoms with Crippen molar-refractivity contribution in [1.82, 2.24) is 5.32 Å². The molecule has 0 unspecified atom stereocenters. The Labute approximate surface area is 92.7 Å². The second kappa shape index (κ2) is 4.09. The summed E-state index contributed by atoms with van der Waals surface area (Å²) in [7, 11) is 0. The van der Waals surface area contributed by atoms with Crippen LogP contribution in [0.5, 0.6) is 0 Å². The summed E-state index contributed by atoms with van der Waals surface area (Å²) in [6.07, 6.45) is -3.17. The van der Waals surface area contributed by atoms with Gasteiger partial charge in [0, 0.05) is 6.04 Å². The lowest BCUT2D eigenvalue weighted by molar-refractivity contribution is -0.137. The molecule has 1 N–H and O–H groups in total. The van der Waals surface area contributed by atoms with Crippen LogP contribution in [0.25, 0.3) is 0 Å². The van der Waals surface area contributed by atoms with Crippen molar-refractivity contribution in [1.29, 1.82) is 0 Å². The molecule has 4 heteroatoms. The van der Waals surface area contributed by atoms with Gasteiger partial charge in [0.05, 0.1) is 5.56 Å². The lowest BCUT2D eigenvalue weighted by Crippen LogP contribution is -2.16. The van der Waals surface area contributed by atoms with E-state index in [0.29, 0.717) is 5.92 Å². The van der Waals surface area contributed by atoms with E-state index in [2.05, 4.69) is 12.2 Å². The molecule has 0 amide bonds. The van der Waals surface area contributed by atoms with Gasteiger partial charge in [-0.15, -0.1) is 0 Å². The molecule has 2 rings (SSSR count). The molecule has 2 atom stereocenters. The molecule has 0 saturated carbocycles. The molecular weight excluding hydrogens is 215 g/mol. The van der Waals surface area contributed by atoms with Crippen LogP contribution in [0.2, 0.25) is 0 Å². The lowest BCUT2D eigenvalue weighted by Gasteiger charge is -2.16. The Hall–Kier alpha value is -1.03. The second-order valence-electron chi connectivity index (χ2n) is 4.32. The van der Waals surface area contributed by atoms with Gasteiger partial charge in [-0.05, 0) is 36.6 Å². The van der Waals surface area contributed by atoms with Crippen LogP contribution >= 0.6 is 0 Å². The molecule has 1 nitrogen and oxygen atoms in total. The van der Waals surface area contributed by atoms with Gasteiger partial charge in [0.15, 0.2) is 0 Å². The molecule has 0 bridgehead atoms. The maximum absolute atomic E-state index is 12.4. The first-order chi connectivity index (χ1) is 7.48. The largest absolute Gasteiger partial charge is 0.416 e. The standard InChI is InChI=1S/C12H14F3N/c1-8-6-7-16-11(8)9-2-4-10(5-3-9)12(13,14)15/h2-5,8,11,16H,6-7H2,1H3/t8-,11-/m1/s1. The van der Waals surface area contributed by atoms with Crippen molar-refractivity contribution in [2.24, 2.45) is 5.92 Å². The van der Waals surface area contributed by atoms with E-state index in [1.165, 1.54) is 0 Å². The highest BCUT2D eigenvalue weighted by atomic mass is 19.4. The van der Waals surface area contributed by atoms with Gasteiger partial charge in [0.25, 0.3) is 0 Å². The molecule has 88 valence electrons. The van der Waals surface area contributed by atoms with Crippen molar-refractivity contribution in [3.05, 3.63) is 35.4 Å². The van der Waals surface area contributed by atoms with Gasteiger partial charge in [-0.2, -0.15) is 13.2 Å². The fourth-order valence-corrected chi connectivity index (χ4v) is 2.16. The normalized spacial score (nSPS) is 26.0. The van der Waals surface area contributed by atoms with Crippen LogP contribution < -0.4 is 5.32 Å². The summed E-state index contributed by atoms with van der Waals surface area (Å²) < 4.78 is 37.1. The predicted molar refractivity (Wildman–Crippen MR) is 56.0 cm³/mol. The Morgan fingerprint density at radius 3 is 2.25 bits per heavy atom. The highest BCUT2D eigenvalue weighted by molar-refractivity contribution is 5.27. The maximum atomic E-state index is 12.4. The van der Waals surface area contributed by atoms with E-state index < -0.39 is 11.7 Å². The second-order valence-corrected chi connectivity index (χ2v) is 4.32. The fraction of sp³-hybridized carbons (Fsp3) is 0.500. The summed E-state index contributed by atoms with van der Waals surface area (Å²) in [5, 5.41) is 3.30. The first-order valence-electron chi connectivity index (χ1n) is 5.39. The number of halogens is 3. The highest BCUT2D eigenvalue weighted by Crippen LogP contribution is 2.33. The summed E-state index contributed by atoms with van der Waals surface area (Å²) >= 11 is 0. The zero-order valence-electron chi connectivity index (χ0n) is 9.01. The van der Waals surface area contributed by atoms with E-state index in [4.69, 9.17) is 0 Å². The molecule has 1 aliphatic rings. The maximum Gasteiger partial charge on any atom is 0.416 e. The number of rotatable bonds is 1. The summed E-state index contributed by atoms with van der Waals surface area (Å²) in [4.78, 5) is 0. The van der Waals surface area contributed by atoms with Crippen molar-refractivity contribution in [2.45, 2.75) is 25.6 Å². The third kappa shape index (κ3) is 2.21. The summed E-state index contributed by atoms with van der Waals surface area (Å²) in [5.74, 6) is 0.483. The molecule has 1 aromatic carbocycles. The average Bonchev–Trinajstić information content (AvgIpc) is 2.63. The highest BCUT2D eigenvalue weighted by Gasteiger charge is 2.31. The van der Waals surface area contributed by atoms with E-state index in [1.807, 2.05) is 0 Å². The Kier molecular flexibility index (Phi) is 2.93. The average molecular weight is 229 g/mol. The minimum atomic E-state index is -4.24. The number of hydrogen-bond donors (Lipinski definition) is 1. The molecule has 1 fully saturated rings. The van der Waals surface area contributed by atoms with Crippen LogP contribution in [0.3, 0.4) is 0 Å². The zero-order valence-corrected chi connectivity index (χ0v) is 9.01. The van der Waals surface area contributed by atoms with Gasteiger partial charge in [-0.25, -0.2) is 0 Å². The minimum Gasteiger partial charge on any atom is -0.310 e.